The van der Waals surface area contributed by atoms with Gasteiger partial charge >= 0.3 is 6.03 Å². The molecule has 0 saturated carbocycles. The highest BCUT2D eigenvalue weighted by Gasteiger charge is 2.49. The molecule has 2 fully saturated rings. The molecular weight excluding hydrogens is 263 g/mol. The van der Waals surface area contributed by atoms with E-state index in [2.05, 4.69) is 0 Å². The summed E-state index contributed by atoms with van der Waals surface area (Å²) in [5.74, 6) is -1.37. The highest BCUT2D eigenvalue weighted by molar-refractivity contribution is 6.17. The zero-order valence-corrected chi connectivity index (χ0v) is 11.1. The molecule has 2 atom stereocenters. The first kappa shape index (κ1) is 13.1. The number of ether oxygens (including phenoxy) is 1. The minimum absolute atomic E-state index is 0.00583. The number of benzene rings is 1. The Morgan fingerprint density at radius 3 is 2.75 bits per heavy atom. The number of carbonyl (C=O) groups is 2. The van der Waals surface area contributed by atoms with E-state index in [0.717, 1.165) is 4.90 Å². The average molecular weight is 278 g/mol. The van der Waals surface area contributed by atoms with E-state index in [1.807, 2.05) is 6.92 Å². The summed E-state index contributed by atoms with van der Waals surface area (Å²) >= 11 is 0. The van der Waals surface area contributed by atoms with Gasteiger partial charge in [0, 0.05) is 6.54 Å². The molecule has 0 spiro atoms. The Kier molecular flexibility index (Phi) is 3.17. The summed E-state index contributed by atoms with van der Waals surface area (Å²) in [5.41, 5.74) is 0.00583. The van der Waals surface area contributed by atoms with Crippen molar-refractivity contribution in [1.29, 1.82) is 0 Å². The molecular formula is C14H15FN2O3. The Morgan fingerprint density at radius 1 is 1.30 bits per heavy atom. The molecule has 20 heavy (non-hydrogen) atoms. The van der Waals surface area contributed by atoms with E-state index < -0.39 is 17.8 Å². The SMILES string of the molecule is CCN1C(=O)N(c2ccccc2F)C(=O)C2COCC21. The third kappa shape index (κ3) is 1.79. The molecule has 0 N–H and O–H groups in total. The molecule has 2 saturated heterocycles. The second-order valence-electron chi connectivity index (χ2n) is 4.90. The van der Waals surface area contributed by atoms with Crippen LogP contribution in [-0.4, -0.2) is 42.6 Å². The van der Waals surface area contributed by atoms with E-state index in [1.165, 1.54) is 18.2 Å². The van der Waals surface area contributed by atoms with Crippen molar-refractivity contribution in [2.45, 2.75) is 13.0 Å². The van der Waals surface area contributed by atoms with Crippen LogP contribution >= 0.6 is 0 Å². The van der Waals surface area contributed by atoms with Crippen molar-refractivity contribution in [2.75, 3.05) is 24.7 Å². The van der Waals surface area contributed by atoms with Crippen LogP contribution in [0.2, 0.25) is 0 Å². The summed E-state index contributed by atoms with van der Waals surface area (Å²) in [6.07, 6.45) is 0. The molecule has 3 rings (SSSR count). The predicted octanol–water partition coefficient (Wildman–Crippen LogP) is 1.63. The monoisotopic (exact) mass is 278 g/mol. The van der Waals surface area contributed by atoms with Gasteiger partial charge in [-0.05, 0) is 19.1 Å². The Labute approximate surface area is 115 Å². The summed E-state index contributed by atoms with van der Waals surface area (Å²) in [5, 5.41) is 0. The number of hydrogen-bond acceptors (Lipinski definition) is 3. The lowest BCUT2D eigenvalue weighted by Crippen LogP contribution is -2.61. The second kappa shape index (κ2) is 4.86. The Hall–Kier alpha value is -1.95. The summed E-state index contributed by atoms with van der Waals surface area (Å²) in [6.45, 7) is 2.93. The Bertz CT molecular complexity index is 563. The van der Waals surface area contributed by atoms with Crippen molar-refractivity contribution in [2.24, 2.45) is 5.92 Å². The molecule has 0 radical (unpaired) electrons. The van der Waals surface area contributed by atoms with Gasteiger partial charge in [0.1, 0.15) is 5.82 Å². The lowest BCUT2D eigenvalue weighted by molar-refractivity contribution is -0.124. The molecule has 3 amide bonds. The van der Waals surface area contributed by atoms with Crippen molar-refractivity contribution in [3.05, 3.63) is 30.1 Å². The molecule has 6 heteroatoms. The number of para-hydroxylation sites is 1. The number of rotatable bonds is 2. The van der Waals surface area contributed by atoms with Crippen LogP contribution in [0.5, 0.6) is 0 Å². The molecule has 2 aliphatic heterocycles. The molecule has 106 valence electrons. The van der Waals surface area contributed by atoms with Crippen molar-refractivity contribution in [1.82, 2.24) is 4.90 Å². The molecule has 2 unspecified atom stereocenters. The van der Waals surface area contributed by atoms with E-state index in [1.54, 1.807) is 11.0 Å². The minimum Gasteiger partial charge on any atom is -0.378 e. The zero-order valence-electron chi connectivity index (χ0n) is 11.1. The van der Waals surface area contributed by atoms with E-state index >= 15 is 0 Å². The fourth-order valence-electron chi connectivity index (χ4n) is 2.84. The standard InChI is InChI=1S/C14H15FN2O3/c1-2-16-12-8-20-7-9(12)13(18)17(14(16)19)11-6-4-3-5-10(11)15/h3-6,9,12H,2,7-8H2,1H3. The molecule has 2 heterocycles. The van der Waals surface area contributed by atoms with Crippen molar-refractivity contribution < 1.29 is 18.7 Å². The van der Waals surface area contributed by atoms with E-state index in [0.29, 0.717) is 13.2 Å². The smallest absolute Gasteiger partial charge is 0.331 e. The van der Waals surface area contributed by atoms with E-state index in [-0.39, 0.29) is 24.2 Å². The van der Waals surface area contributed by atoms with Crippen molar-refractivity contribution in [3.63, 3.8) is 0 Å². The predicted molar refractivity (Wildman–Crippen MR) is 69.8 cm³/mol. The number of fused-ring (bicyclic) bond motifs is 1. The molecule has 0 aliphatic carbocycles. The first-order chi connectivity index (χ1) is 9.65. The van der Waals surface area contributed by atoms with Crippen LogP contribution in [0, 0.1) is 11.7 Å². The van der Waals surface area contributed by atoms with Crippen LogP contribution in [0.25, 0.3) is 0 Å². The molecule has 5 nitrogen and oxygen atoms in total. The quantitative estimate of drug-likeness (QED) is 0.826. The average Bonchev–Trinajstić information content (AvgIpc) is 2.91. The van der Waals surface area contributed by atoms with Gasteiger partial charge in [-0.15, -0.1) is 0 Å². The first-order valence-corrected chi connectivity index (χ1v) is 6.62. The van der Waals surface area contributed by atoms with Gasteiger partial charge in [-0.25, -0.2) is 14.1 Å². The topological polar surface area (TPSA) is 49.9 Å². The normalized spacial score (nSPS) is 26.1. The van der Waals surface area contributed by atoms with Crippen LogP contribution in [-0.2, 0) is 9.53 Å². The molecule has 2 aliphatic rings. The lowest BCUT2D eigenvalue weighted by Gasteiger charge is -2.40. The van der Waals surface area contributed by atoms with E-state index in [9.17, 15) is 14.0 Å². The molecule has 0 bridgehead atoms. The summed E-state index contributed by atoms with van der Waals surface area (Å²) in [6, 6.07) is 5.10. The number of nitrogens with zero attached hydrogens (tertiary/aromatic N) is 2. The number of hydrogen-bond donors (Lipinski definition) is 0. The fraction of sp³-hybridized carbons (Fsp3) is 0.429. The van der Waals surface area contributed by atoms with Crippen molar-refractivity contribution in [3.8, 4) is 0 Å². The first-order valence-electron chi connectivity index (χ1n) is 6.62. The molecule has 1 aromatic rings. The highest BCUT2D eigenvalue weighted by atomic mass is 19.1. The number of imide groups is 1. The van der Waals surface area contributed by atoms with Crippen LogP contribution < -0.4 is 4.90 Å². The zero-order chi connectivity index (χ0) is 14.3. The number of halogens is 1. The van der Waals surface area contributed by atoms with Crippen LogP contribution in [0.1, 0.15) is 6.92 Å². The third-order valence-electron chi connectivity index (χ3n) is 3.86. The van der Waals surface area contributed by atoms with Crippen molar-refractivity contribution >= 4 is 17.6 Å². The summed E-state index contributed by atoms with van der Waals surface area (Å²) in [4.78, 5) is 27.4. The maximum Gasteiger partial charge on any atom is 0.331 e. The largest absolute Gasteiger partial charge is 0.378 e. The number of carbonyl (C=O) groups excluding carboxylic acids is 2. The van der Waals surface area contributed by atoms with Gasteiger partial charge in [0.15, 0.2) is 0 Å². The minimum atomic E-state index is -0.581. The number of likely N-dealkylation sites (N-methyl/N-ethyl adjacent to an activating group) is 1. The summed E-state index contributed by atoms with van der Waals surface area (Å²) in [7, 11) is 0. The number of amides is 3. The fourth-order valence-corrected chi connectivity index (χ4v) is 2.84. The van der Waals surface area contributed by atoms with Gasteiger partial charge < -0.3 is 9.64 Å². The highest BCUT2D eigenvalue weighted by Crippen LogP contribution is 2.32. The summed E-state index contributed by atoms with van der Waals surface area (Å²) < 4.78 is 19.2. The number of urea groups is 1. The lowest BCUT2D eigenvalue weighted by atomic mass is 9.97. The number of anilines is 1. The second-order valence-corrected chi connectivity index (χ2v) is 4.90. The van der Waals surface area contributed by atoms with E-state index in [4.69, 9.17) is 4.74 Å². The van der Waals surface area contributed by atoms with Gasteiger partial charge in [0.2, 0.25) is 5.91 Å². The van der Waals surface area contributed by atoms with Gasteiger partial charge in [-0.3, -0.25) is 4.79 Å². The maximum absolute atomic E-state index is 13.9. The third-order valence-corrected chi connectivity index (χ3v) is 3.86. The Morgan fingerprint density at radius 2 is 2.05 bits per heavy atom. The van der Waals surface area contributed by atoms with Crippen LogP contribution in [0.15, 0.2) is 24.3 Å². The van der Waals surface area contributed by atoms with Gasteiger partial charge in [0.05, 0.1) is 30.9 Å². The van der Waals surface area contributed by atoms with Crippen LogP contribution in [0.4, 0.5) is 14.9 Å². The maximum atomic E-state index is 13.9. The van der Waals surface area contributed by atoms with Crippen LogP contribution in [0.3, 0.4) is 0 Å². The van der Waals surface area contributed by atoms with Gasteiger partial charge in [0.25, 0.3) is 0 Å². The molecule has 1 aromatic carbocycles. The molecule has 0 aromatic heterocycles. The van der Waals surface area contributed by atoms with Gasteiger partial charge in [-0.2, -0.15) is 0 Å². The van der Waals surface area contributed by atoms with Gasteiger partial charge in [-0.1, -0.05) is 12.1 Å². The Balaban J connectivity index is 2.04.